The van der Waals surface area contributed by atoms with Crippen LogP contribution in [0.15, 0.2) is 36.4 Å². The molecule has 0 aliphatic carbocycles. The van der Waals surface area contributed by atoms with Gasteiger partial charge in [-0.2, -0.15) is 0 Å². The molecule has 1 unspecified atom stereocenters. The van der Waals surface area contributed by atoms with Crippen LogP contribution in [-0.4, -0.2) is 44.9 Å². The van der Waals surface area contributed by atoms with Crippen molar-refractivity contribution in [2.75, 3.05) is 13.1 Å². The number of halogens is 1. The fourth-order valence-electron chi connectivity index (χ4n) is 4.66. The van der Waals surface area contributed by atoms with Gasteiger partial charge in [0.15, 0.2) is 0 Å². The molecule has 2 amide bonds. The summed E-state index contributed by atoms with van der Waals surface area (Å²) in [5.41, 5.74) is 3.73. The van der Waals surface area contributed by atoms with Gasteiger partial charge < -0.3 is 10.3 Å². The SMILES string of the molecule is Cc1c(F)ccc2nc(CC(C)C(=O)N[C@@H]3C(=O)N4CCCN4Cc4ccccc43)[nH]c12. The summed E-state index contributed by atoms with van der Waals surface area (Å²) < 4.78 is 13.8. The summed E-state index contributed by atoms with van der Waals surface area (Å²) >= 11 is 0. The number of H-pyrrole nitrogens is 1. The number of carbonyl (C=O) groups excluding carboxylic acids is 2. The number of hydrogen-bond donors (Lipinski definition) is 2. The van der Waals surface area contributed by atoms with Crippen molar-refractivity contribution in [2.24, 2.45) is 5.92 Å². The fraction of sp³-hybridized carbons (Fsp3) is 0.375. The lowest BCUT2D eigenvalue weighted by Crippen LogP contribution is -2.46. The van der Waals surface area contributed by atoms with Gasteiger partial charge >= 0.3 is 0 Å². The molecule has 7 nitrogen and oxygen atoms in total. The zero-order valence-electron chi connectivity index (χ0n) is 18.2. The topological polar surface area (TPSA) is 81.3 Å². The van der Waals surface area contributed by atoms with Gasteiger partial charge in [0.1, 0.15) is 17.7 Å². The molecule has 1 saturated heterocycles. The van der Waals surface area contributed by atoms with Gasteiger partial charge in [0.25, 0.3) is 5.91 Å². The summed E-state index contributed by atoms with van der Waals surface area (Å²) in [6, 6.07) is 10.1. The van der Waals surface area contributed by atoms with E-state index in [-0.39, 0.29) is 17.6 Å². The first kappa shape index (κ1) is 20.6. The first-order chi connectivity index (χ1) is 15.4. The van der Waals surface area contributed by atoms with Crippen molar-refractivity contribution in [2.45, 2.75) is 39.3 Å². The Morgan fingerprint density at radius 3 is 2.94 bits per heavy atom. The lowest BCUT2D eigenvalue weighted by atomic mass is 9.98. The molecule has 1 aromatic heterocycles. The molecule has 8 heteroatoms. The third-order valence-electron chi connectivity index (χ3n) is 6.48. The highest BCUT2D eigenvalue weighted by Gasteiger charge is 2.38. The number of amides is 2. The van der Waals surface area contributed by atoms with E-state index in [1.54, 1.807) is 18.0 Å². The second-order valence-corrected chi connectivity index (χ2v) is 8.70. The largest absolute Gasteiger partial charge is 0.342 e. The van der Waals surface area contributed by atoms with Crippen molar-refractivity contribution in [3.05, 3.63) is 64.7 Å². The zero-order chi connectivity index (χ0) is 22.4. The van der Waals surface area contributed by atoms with Crippen molar-refractivity contribution in [1.29, 1.82) is 0 Å². The van der Waals surface area contributed by atoms with Crippen LogP contribution in [0.2, 0.25) is 0 Å². The maximum absolute atomic E-state index is 13.8. The second kappa shape index (κ2) is 8.02. The Balaban J connectivity index is 1.36. The number of aryl methyl sites for hydroxylation is 1. The molecule has 0 saturated carbocycles. The van der Waals surface area contributed by atoms with Crippen molar-refractivity contribution in [3.8, 4) is 0 Å². The number of hydrazine groups is 1. The molecule has 3 aromatic rings. The van der Waals surface area contributed by atoms with E-state index < -0.39 is 12.0 Å². The molecule has 166 valence electrons. The molecule has 2 N–H and O–H groups in total. The van der Waals surface area contributed by atoms with E-state index in [0.29, 0.717) is 41.9 Å². The highest BCUT2D eigenvalue weighted by Crippen LogP contribution is 2.30. The summed E-state index contributed by atoms with van der Waals surface area (Å²) in [6.07, 6.45) is 1.29. The molecule has 5 rings (SSSR count). The van der Waals surface area contributed by atoms with Crippen LogP contribution in [0.1, 0.15) is 41.9 Å². The number of hydrogen-bond acceptors (Lipinski definition) is 4. The van der Waals surface area contributed by atoms with Crippen LogP contribution in [0.25, 0.3) is 11.0 Å². The number of carbonyl (C=O) groups is 2. The molecule has 0 spiro atoms. The van der Waals surface area contributed by atoms with Crippen LogP contribution in [0.4, 0.5) is 4.39 Å². The highest BCUT2D eigenvalue weighted by molar-refractivity contribution is 5.90. The number of fused-ring (bicyclic) bond motifs is 3. The van der Waals surface area contributed by atoms with E-state index in [4.69, 9.17) is 0 Å². The van der Waals surface area contributed by atoms with Gasteiger partial charge in [-0.25, -0.2) is 14.4 Å². The number of aromatic nitrogens is 2. The minimum absolute atomic E-state index is 0.0946. The maximum atomic E-state index is 13.8. The first-order valence-corrected chi connectivity index (χ1v) is 11.0. The average molecular weight is 436 g/mol. The van der Waals surface area contributed by atoms with Gasteiger partial charge in [-0.15, -0.1) is 0 Å². The number of nitrogens with one attached hydrogen (secondary N) is 2. The summed E-state index contributed by atoms with van der Waals surface area (Å²) in [5, 5.41) is 6.83. The van der Waals surface area contributed by atoms with Crippen molar-refractivity contribution < 1.29 is 14.0 Å². The lowest BCUT2D eigenvalue weighted by molar-refractivity contribution is -0.148. The first-order valence-electron chi connectivity index (χ1n) is 11.0. The summed E-state index contributed by atoms with van der Waals surface area (Å²) in [5.74, 6) is -0.398. The Hall–Kier alpha value is -3.26. The van der Waals surface area contributed by atoms with Crippen LogP contribution in [0.3, 0.4) is 0 Å². The Morgan fingerprint density at radius 2 is 2.09 bits per heavy atom. The number of nitrogens with zero attached hydrogens (tertiary/aromatic N) is 3. The normalized spacial score (nSPS) is 19.5. The zero-order valence-corrected chi connectivity index (χ0v) is 18.2. The predicted octanol–water partition coefficient (Wildman–Crippen LogP) is 3.01. The minimum Gasteiger partial charge on any atom is -0.342 e. The van der Waals surface area contributed by atoms with E-state index in [0.717, 1.165) is 24.1 Å². The summed E-state index contributed by atoms with van der Waals surface area (Å²) in [7, 11) is 0. The Morgan fingerprint density at radius 1 is 1.28 bits per heavy atom. The molecular formula is C24H26FN5O2. The van der Waals surface area contributed by atoms with Crippen molar-refractivity contribution >= 4 is 22.8 Å². The Labute approximate surface area is 185 Å². The number of benzene rings is 2. The standard InChI is InChI=1S/C24H26FN5O2/c1-14(12-20-26-19-9-8-18(25)15(2)21(19)27-20)23(31)28-22-17-7-4-3-6-16(17)13-29-10-5-11-30(29)24(22)32/h3-4,6-9,14,22H,5,10-13H2,1-2H3,(H,26,27)(H,28,31)/t14?,22-/m0/s1. The van der Waals surface area contributed by atoms with E-state index in [2.05, 4.69) is 20.3 Å². The van der Waals surface area contributed by atoms with Crippen LogP contribution in [0, 0.1) is 18.7 Å². The molecule has 3 heterocycles. The summed E-state index contributed by atoms with van der Waals surface area (Å²) in [6.45, 7) is 5.68. The molecule has 0 radical (unpaired) electrons. The van der Waals surface area contributed by atoms with Gasteiger partial charge in [0.05, 0.1) is 11.0 Å². The van der Waals surface area contributed by atoms with E-state index in [9.17, 15) is 14.0 Å². The number of imidazole rings is 1. The monoisotopic (exact) mass is 435 g/mol. The van der Waals surface area contributed by atoms with Gasteiger partial charge in [0, 0.05) is 37.5 Å². The molecular weight excluding hydrogens is 409 g/mol. The van der Waals surface area contributed by atoms with Crippen molar-refractivity contribution in [1.82, 2.24) is 25.3 Å². The second-order valence-electron chi connectivity index (χ2n) is 8.70. The average Bonchev–Trinajstić information content (AvgIpc) is 3.39. The summed E-state index contributed by atoms with van der Waals surface area (Å²) in [4.78, 5) is 34.1. The van der Waals surface area contributed by atoms with Crippen LogP contribution in [0.5, 0.6) is 0 Å². The van der Waals surface area contributed by atoms with E-state index in [1.165, 1.54) is 6.07 Å². The third kappa shape index (κ3) is 3.54. The van der Waals surface area contributed by atoms with E-state index >= 15 is 0 Å². The maximum Gasteiger partial charge on any atom is 0.264 e. The molecule has 2 aliphatic rings. The fourth-order valence-corrected chi connectivity index (χ4v) is 4.66. The molecule has 2 aromatic carbocycles. The molecule has 32 heavy (non-hydrogen) atoms. The lowest BCUT2D eigenvalue weighted by Gasteiger charge is -2.28. The van der Waals surface area contributed by atoms with Gasteiger partial charge in [0.2, 0.25) is 5.91 Å². The molecule has 2 aliphatic heterocycles. The Kier molecular flexibility index (Phi) is 5.17. The van der Waals surface area contributed by atoms with E-state index in [1.807, 2.05) is 31.2 Å². The number of aromatic amines is 1. The third-order valence-corrected chi connectivity index (χ3v) is 6.48. The predicted molar refractivity (Wildman–Crippen MR) is 118 cm³/mol. The number of rotatable bonds is 4. The highest BCUT2D eigenvalue weighted by atomic mass is 19.1. The van der Waals surface area contributed by atoms with Crippen molar-refractivity contribution in [3.63, 3.8) is 0 Å². The molecule has 0 bridgehead atoms. The minimum atomic E-state index is -0.712. The van der Waals surface area contributed by atoms with Crippen LogP contribution in [-0.2, 0) is 22.6 Å². The Bertz CT molecular complexity index is 1210. The molecule has 2 atom stereocenters. The van der Waals surface area contributed by atoms with Crippen LogP contribution < -0.4 is 5.32 Å². The van der Waals surface area contributed by atoms with Gasteiger partial charge in [-0.05, 0) is 36.6 Å². The molecule has 1 fully saturated rings. The quantitative estimate of drug-likeness (QED) is 0.660. The van der Waals surface area contributed by atoms with Crippen LogP contribution >= 0.6 is 0 Å². The smallest absolute Gasteiger partial charge is 0.264 e. The van der Waals surface area contributed by atoms with Gasteiger partial charge in [-0.3, -0.25) is 14.6 Å². The van der Waals surface area contributed by atoms with Gasteiger partial charge in [-0.1, -0.05) is 31.2 Å².